The quantitative estimate of drug-likeness (QED) is 0.279. The van der Waals surface area contributed by atoms with E-state index in [2.05, 4.69) is 0 Å². The largest absolute Gasteiger partial charge is 0.507 e. The Kier molecular flexibility index (Phi) is 7.36. The van der Waals surface area contributed by atoms with Crippen molar-refractivity contribution in [2.75, 3.05) is 20.3 Å². The number of ether oxygens (including phenoxy) is 2. The van der Waals surface area contributed by atoms with Gasteiger partial charge < -0.3 is 19.5 Å². The van der Waals surface area contributed by atoms with Gasteiger partial charge in [0.1, 0.15) is 11.5 Å². The fourth-order valence-corrected chi connectivity index (χ4v) is 3.71. The second-order valence-corrected chi connectivity index (χ2v) is 7.99. The number of carbonyl (C=O) groups is 2. The van der Waals surface area contributed by atoms with Gasteiger partial charge in [0.15, 0.2) is 0 Å². The Bertz CT molecular complexity index is 984. The number of carbonyl (C=O) groups excluding carboxylic acids is 2. The molecule has 1 amide bonds. The van der Waals surface area contributed by atoms with Gasteiger partial charge in [0.25, 0.3) is 11.7 Å². The minimum atomic E-state index is -0.732. The van der Waals surface area contributed by atoms with Gasteiger partial charge >= 0.3 is 0 Å². The first-order chi connectivity index (χ1) is 14.8. The summed E-state index contributed by atoms with van der Waals surface area (Å²) in [4.78, 5) is 27.4. The molecule has 1 saturated heterocycles. The van der Waals surface area contributed by atoms with Crippen LogP contribution in [-0.2, 0) is 14.3 Å². The third-order valence-electron chi connectivity index (χ3n) is 5.06. The van der Waals surface area contributed by atoms with Gasteiger partial charge in [-0.3, -0.25) is 9.59 Å². The molecular weight excluding hydrogens is 418 g/mol. The summed E-state index contributed by atoms with van der Waals surface area (Å²) >= 11 is 5.95. The van der Waals surface area contributed by atoms with E-state index in [0.29, 0.717) is 41.5 Å². The molecule has 0 radical (unpaired) electrons. The summed E-state index contributed by atoms with van der Waals surface area (Å²) in [5, 5.41) is 11.5. The van der Waals surface area contributed by atoms with Crippen LogP contribution in [0.4, 0.5) is 0 Å². The Labute approximate surface area is 187 Å². The summed E-state index contributed by atoms with van der Waals surface area (Å²) in [6, 6.07) is 12.9. The highest BCUT2D eigenvalue weighted by Gasteiger charge is 2.45. The van der Waals surface area contributed by atoms with Gasteiger partial charge in [-0.05, 0) is 62.2 Å². The van der Waals surface area contributed by atoms with Crippen LogP contribution in [0.1, 0.15) is 37.4 Å². The minimum absolute atomic E-state index is 0.0466. The van der Waals surface area contributed by atoms with Crippen LogP contribution in [0.5, 0.6) is 5.75 Å². The van der Waals surface area contributed by atoms with Gasteiger partial charge in [-0.15, -0.1) is 0 Å². The van der Waals surface area contributed by atoms with E-state index in [1.54, 1.807) is 49.6 Å². The Hall–Kier alpha value is -2.83. The molecule has 7 heteroatoms. The second-order valence-electron chi connectivity index (χ2n) is 7.55. The molecule has 1 heterocycles. The summed E-state index contributed by atoms with van der Waals surface area (Å²) in [5.41, 5.74) is 1.14. The fraction of sp³-hybridized carbons (Fsp3) is 0.333. The topological polar surface area (TPSA) is 76.1 Å². The number of likely N-dealkylation sites (tertiary alicyclic amines) is 1. The van der Waals surface area contributed by atoms with Crippen LogP contribution in [0, 0.1) is 0 Å². The summed E-state index contributed by atoms with van der Waals surface area (Å²) < 4.78 is 10.9. The lowest BCUT2D eigenvalue weighted by Gasteiger charge is -2.25. The molecule has 0 aromatic heterocycles. The highest BCUT2D eigenvalue weighted by molar-refractivity contribution is 6.46. The van der Waals surface area contributed by atoms with E-state index in [0.717, 1.165) is 0 Å². The average Bonchev–Trinajstić information content (AvgIpc) is 3.01. The number of aliphatic hydroxyl groups excluding tert-OH is 1. The first kappa shape index (κ1) is 22.8. The number of benzene rings is 2. The minimum Gasteiger partial charge on any atom is -0.507 e. The van der Waals surface area contributed by atoms with E-state index in [9.17, 15) is 14.7 Å². The van der Waals surface area contributed by atoms with Crippen molar-refractivity contribution in [2.24, 2.45) is 0 Å². The maximum atomic E-state index is 13.0. The van der Waals surface area contributed by atoms with Crippen LogP contribution in [0.3, 0.4) is 0 Å². The van der Waals surface area contributed by atoms with Gasteiger partial charge in [-0.25, -0.2) is 0 Å². The zero-order valence-corrected chi connectivity index (χ0v) is 18.6. The van der Waals surface area contributed by atoms with Crippen molar-refractivity contribution < 1.29 is 24.2 Å². The lowest BCUT2D eigenvalue weighted by Crippen LogP contribution is -2.31. The summed E-state index contributed by atoms with van der Waals surface area (Å²) in [7, 11) is 1.55. The summed E-state index contributed by atoms with van der Waals surface area (Å²) in [6.07, 6.45) is 0.640. The van der Waals surface area contributed by atoms with Crippen LogP contribution in [-0.4, -0.2) is 48.1 Å². The molecule has 2 aromatic rings. The molecular formula is C24H26ClNO5. The highest BCUT2D eigenvalue weighted by atomic mass is 35.5. The molecule has 1 aliphatic heterocycles. The monoisotopic (exact) mass is 443 g/mol. The van der Waals surface area contributed by atoms with Gasteiger partial charge in [0, 0.05) is 23.7 Å². The smallest absolute Gasteiger partial charge is 0.295 e. The number of aliphatic hydroxyl groups is 1. The average molecular weight is 444 g/mol. The number of methoxy groups -OCH3 is 1. The number of hydrogen-bond acceptors (Lipinski definition) is 5. The number of amides is 1. The molecule has 164 valence electrons. The van der Waals surface area contributed by atoms with E-state index < -0.39 is 17.7 Å². The van der Waals surface area contributed by atoms with Crippen LogP contribution in [0.15, 0.2) is 54.1 Å². The molecule has 1 atom stereocenters. The van der Waals surface area contributed by atoms with Crippen molar-refractivity contribution in [2.45, 2.75) is 32.4 Å². The number of ketones is 1. The molecule has 0 saturated carbocycles. The van der Waals surface area contributed by atoms with E-state index in [4.69, 9.17) is 21.1 Å². The SMILES string of the molecule is COc1cccc([C@H]2C(=C(O)c3ccc(Cl)cc3)C(=O)C(=O)N2CCCOC(C)C)c1. The molecule has 1 aliphatic rings. The van der Waals surface area contributed by atoms with Crippen molar-refractivity contribution in [3.63, 3.8) is 0 Å². The summed E-state index contributed by atoms with van der Waals surface area (Å²) in [6.45, 7) is 4.66. The molecule has 31 heavy (non-hydrogen) atoms. The molecule has 0 aliphatic carbocycles. The molecule has 2 aromatic carbocycles. The van der Waals surface area contributed by atoms with Gasteiger partial charge in [0.2, 0.25) is 0 Å². The maximum absolute atomic E-state index is 13.0. The zero-order chi connectivity index (χ0) is 22.5. The van der Waals surface area contributed by atoms with Crippen LogP contribution < -0.4 is 4.74 Å². The lowest BCUT2D eigenvalue weighted by molar-refractivity contribution is -0.140. The molecule has 1 fully saturated rings. The van der Waals surface area contributed by atoms with Gasteiger partial charge in [-0.1, -0.05) is 23.7 Å². The number of halogens is 1. The Morgan fingerprint density at radius 3 is 2.52 bits per heavy atom. The van der Waals surface area contributed by atoms with Crippen LogP contribution in [0.25, 0.3) is 5.76 Å². The van der Waals surface area contributed by atoms with E-state index in [1.807, 2.05) is 19.9 Å². The third-order valence-corrected chi connectivity index (χ3v) is 5.31. The van der Waals surface area contributed by atoms with E-state index in [-0.39, 0.29) is 17.4 Å². The van der Waals surface area contributed by atoms with E-state index in [1.165, 1.54) is 4.90 Å². The molecule has 6 nitrogen and oxygen atoms in total. The molecule has 3 rings (SSSR count). The van der Waals surface area contributed by atoms with Crippen molar-refractivity contribution in [1.82, 2.24) is 4.90 Å². The van der Waals surface area contributed by atoms with Crippen molar-refractivity contribution >= 4 is 29.1 Å². The van der Waals surface area contributed by atoms with Crippen molar-refractivity contribution in [3.05, 3.63) is 70.3 Å². The first-order valence-electron chi connectivity index (χ1n) is 10.1. The summed E-state index contributed by atoms with van der Waals surface area (Å²) in [5.74, 6) is -1.00. The maximum Gasteiger partial charge on any atom is 0.295 e. The molecule has 0 bridgehead atoms. The van der Waals surface area contributed by atoms with Crippen LogP contribution >= 0.6 is 11.6 Å². The first-order valence-corrected chi connectivity index (χ1v) is 10.5. The second kappa shape index (κ2) is 9.98. The standard InChI is InChI=1S/C24H26ClNO5/c1-15(2)31-13-5-12-26-21(17-6-4-7-19(14-17)30-3)20(23(28)24(26)29)22(27)16-8-10-18(25)11-9-16/h4,6-11,14-15,21,27H,5,12-13H2,1-3H3/t21-/m0/s1. The fourth-order valence-electron chi connectivity index (χ4n) is 3.59. The molecule has 0 spiro atoms. The molecule has 1 N–H and O–H groups in total. The molecule has 0 unspecified atom stereocenters. The highest BCUT2D eigenvalue weighted by Crippen LogP contribution is 2.40. The van der Waals surface area contributed by atoms with Crippen LogP contribution in [0.2, 0.25) is 5.02 Å². The number of rotatable bonds is 8. The Balaban J connectivity index is 2.04. The van der Waals surface area contributed by atoms with Gasteiger partial charge in [0.05, 0.1) is 24.8 Å². The van der Waals surface area contributed by atoms with Crippen molar-refractivity contribution in [3.8, 4) is 5.75 Å². The predicted molar refractivity (Wildman–Crippen MR) is 119 cm³/mol. The Morgan fingerprint density at radius 2 is 1.87 bits per heavy atom. The van der Waals surface area contributed by atoms with Crippen molar-refractivity contribution in [1.29, 1.82) is 0 Å². The van der Waals surface area contributed by atoms with Gasteiger partial charge in [-0.2, -0.15) is 0 Å². The zero-order valence-electron chi connectivity index (χ0n) is 17.8. The lowest BCUT2D eigenvalue weighted by atomic mass is 9.95. The predicted octanol–water partition coefficient (Wildman–Crippen LogP) is 4.59. The third kappa shape index (κ3) is 5.09. The normalized spacial score (nSPS) is 18.1. The Morgan fingerprint density at radius 1 is 1.16 bits per heavy atom. The number of hydrogen-bond donors (Lipinski definition) is 1. The number of Topliss-reactive ketones (excluding diaryl/α,β-unsaturated/α-hetero) is 1. The number of nitrogens with zero attached hydrogens (tertiary/aromatic N) is 1. The van der Waals surface area contributed by atoms with E-state index >= 15 is 0 Å².